The Labute approximate surface area is 189 Å². The molecule has 4 heterocycles. The molecule has 1 aromatic carbocycles. The molecule has 0 saturated heterocycles. The molecule has 0 radical (unpaired) electrons. The van der Waals surface area contributed by atoms with E-state index in [4.69, 9.17) is 4.98 Å². The van der Waals surface area contributed by atoms with Gasteiger partial charge in [-0.05, 0) is 72.6 Å². The lowest BCUT2D eigenvalue weighted by Gasteiger charge is -2.09. The van der Waals surface area contributed by atoms with E-state index < -0.39 is 0 Å². The van der Waals surface area contributed by atoms with E-state index in [0.717, 1.165) is 22.4 Å². The second-order valence-electron chi connectivity index (χ2n) is 7.58. The van der Waals surface area contributed by atoms with E-state index in [0.29, 0.717) is 22.7 Å². The van der Waals surface area contributed by atoms with Gasteiger partial charge in [0.1, 0.15) is 17.3 Å². The molecule has 33 heavy (non-hydrogen) atoms. The topological polar surface area (TPSA) is 85.1 Å². The van der Waals surface area contributed by atoms with Crippen molar-refractivity contribution < 1.29 is 9.18 Å². The fraction of sp³-hybridized carbons (Fsp3) is 0.0800. The Bertz CT molecular complexity index is 1460. The van der Waals surface area contributed by atoms with Crippen LogP contribution < -0.4 is 5.32 Å². The average molecular weight is 438 g/mol. The van der Waals surface area contributed by atoms with Crippen molar-refractivity contribution in [1.29, 1.82) is 0 Å². The van der Waals surface area contributed by atoms with Crippen molar-refractivity contribution in [2.24, 2.45) is 0 Å². The molecule has 0 unspecified atom stereocenters. The van der Waals surface area contributed by atoms with Crippen molar-refractivity contribution in [2.75, 3.05) is 5.32 Å². The Morgan fingerprint density at radius 1 is 1.00 bits per heavy atom. The van der Waals surface area contributed by atoms with E-state index in [1.807, 2.05) is 18.2 Å². The summed E-state index contributed by atoms with van der Waals surface area (Å²) in [7, 11) is 0. The maximum atomic E-state index is 13.9. The Morgan fingerprint density at radius 2 is 1.85 bits per heavy atom. The van der Waals surface area contributed by atoms with E-state index in [1.165, 1.54) is 6.07 Å². The molecule has 5 aromatic rings. The summed E-state index contributed by atoms with van der Waals surface area (Å²) in [5, 5.41) is 7.30. The highest BCUT2D eigenvalue weighted by Gasteiger charge is 2.18. The van der Waals surface area contributed by atoms with Gasteiger partial charge < -0.3 is 5.32 Å². The minimum atomic E-state index is -0.273. The van der Waals surface area contributed by atoms with Crippen molar-refractivity contribution in [1.82, 2.24) is 24.6 Å². The largest absolute Gasteiger partial charge is 0.310 e. The average Bonchev–Trinajstić information content (AvgIpc) is 3.21. The van der Waals surface area contributed by atoms with Crippen molar-refractivity contribution in [3.05, 3.63) is 96.3 Å². The van der Waals surface area contributed by atoms with Crippen LogP contribution in [0.1, 0.15) is 11.1 Å². The van der Waals surface area contributed by atoms with Crippen LogP contribution in [0, 0.1) is 12.7 Å². The van der Waals surface area contributed by atoms with Crippen molar-refractivity contribution >= 4 is 17.4 Å². The van der Waals surface area contributed by atoms with Crippen LogP contribution in [0.3, 0.4) is 0 Å². The number of pyridine rings is 2. The smallest absolute Gasteiger partial charge is 0.229 e. The first kappa shape index (κ1) is 20.4. The molecule has 0 fully saturated rings. The summed E-state index contributed by atoms with van der Waals surface area (Å²) in [6, 6.07) is 15.8. The fourth-order valence-corrected chi connectivity index (χ4v) is 3.66. The van der Waals surface area contributed by atoms with Gasteiger partial charge in [0.2, 0.25) is 5.91 Å². The van der Waals surface area contributed by atoms with Crippen molar-refractivity contribution in [3.8, 4) is 22.5 Å². The van der Waals surface area contributed by atoms with Crippen molar-refractivity contribution in [2.45, 2.75) is 13.3 Å². The van der Waals surface area contributed by atoms with Gasteiger partial charge in [-0.15, -0.1) is 0 Å². The van der Waals surface area contributed by atoms with Crippen LogP contribution in [-0.4, -0.2) is 30.5 Å². The molecular weight excluding hydrogens is 419 g/mol. The number of aryl methyl sites for hydroxylation is 1. The number of halogens is 1. The minimum absolute atomic E-state index is 0.184. The van der Waals surface area contributed by atoms with E-state index in [1.54, 1.807) is 66.6 Å². The first-order chi connectivity index (χ1) is 16.1. The first-order valence-corrected chi connectivity index (χ1v) is 10.3. The molecule has 4 aromatic heterocycles. The highest BCUT2D eigenvalue weighted by atomic mass is 19.1. The molecule has 5 rings (SSSR count). The zero-order valence-electron chi connectivity index (χ0n) is 17.7. The predicted molar refractivity (Wildman–Crippen MR) is 123 cm³/mol. The van der Waals surface area contributed by atoms with Gasteiger partial charge in [-0.2, -0.15) is 5.10 Å². The monoisotopic (exact) mass is 438 g/mol. The summed E-state index contributed by atoms with van der Waals surface area (Å²) in [6.45, 7) is 1.72. The third kappa shape index (κ3) is 4.18. The van der Waals surface area contributed by atoms with E-state index in [9.17, 15) is 9.18 Å². The molecule has 0 atom stereocenters. The van der Waals surface area contributed by atoms with Crippen LogP contribution in [-0.2, 0) is 11.2 Å². The van der Waals surface area contributed by atoms with Gasteiger partial charge in [0.25, 0.3) is 0 Å². The number of carbonyl (C=O) groups excluding carboxylic acids is 1. The third-order valence-corrected chi connectivity index (χ3v) is 5.24. The van der Waals surface area contributed by atoms with E-state index in [-0.39, 0.29) is 18.1 Å². The lowest BCUT2D eigenvalue weighted by molar-refractivity contribution is -0.115. The molecule has 0 aliphatic carbocycles. The fourth-order valence-electron chi connectivity index (χ4n) is 3.66. The zero-order chi connectivity index (χ0) is 22.8. The van der Waals surface area contributed by atoms with Crippen LogP contribution in [0.4, 0.5) is 10.2 Å². The summed E-state index contributed by atoms with van der Waals surface area (Å²) < 4.78 is 15.6. The summed E-state index contributed by atoms with van der Waals surface area (Å²) in [4.78, 5) is 25.5. The number of imidazole rings is 1. The second-order valence-corrected chi connectivity index (χ2v) is 7.58. The third-order valence-electron chi connectivity index (χ3n) is 5.24. The Hall–Kier alpha value is -4.46. The highest BCUT2D eigenvalue weighted by molar-refractivity contribution is 5.92. The predicted octanol–water partition coefficient (Wildman–Crippen LogP) is 4.48. The lowest BCUT2D eigenvalue weighted by atomic mass is 10.0. The lowest BCUT2D eigenvalue weighted by Crippen LogP contribution is -2.15. The SMILES string of the molecule is Cc1cc(-c2nc3cccnn3c2-c2ccnc(NC(=O)Cc3ccncc3)c2)ccc1F. The van der Waals surface area contributed by atoms with Crippen LogP contribution in [0.15, 0.2) is 79.4 Å². The zero-order valence-corrected chi connectivity index (χ0v) is 17.7. The van der Waals surface area contributed by atoms with Gasteiger partial charge in [-0.3, -0.25) is 9.78 Å². The molecule has 162 valence electrons. The second kappa shape index (κ2) is 8.58. The number of fused-ring (bicyclic) bond motifs is 1. The number of nitrogens with zero attached hydrogens (tertiary/aromatic N) is 5. The molecule has 0 spiro atoms. The Kier molecular flexibility index (Phi) is 5.32. The molecule has 0 saturated carbocycles. The summed E-state index contributed by atoms with van der Waals surface area (Å²) >= 11 is 0. The number of hydrogen-bond donors (Lipinski definition) is 1. The molecule has 0 bridgehead atoms. The molecule has 8 heteroatoms. The van der Waals surface area contributed by atoms with Crippen LogP contribution in [0.5, 0.6) is 0 Å². The quantitative estimate of drug-likeness (QED) is 0.437. The normalized spacial score (nSPS) is 11.0. The standard InChI is InChI=1S/C25H19FN6O/c1-16-13-18(4-5-20(16)26)24-25(32-22(31-24)3-2-9-29-32)19-8-12-28-21(15-19)30-23(33)14-17-6-10-27-11-7-17/h2-13,15H,14H2,1H3,(H,28,30,33). The van der Waals surface area contributed by atoms with Crippen LogP contribution in [0.25, 0.3) is 28.2 Å². The number of amides is 1. The Morgan fingerprint density at radius 3 is 2.67 bits per heavy atom. The number of rotatable bonds is 5. The maximum Gasteiger partial charge on any atom is 0.229 e. The summed E-state index contributed by atoms with van der Waals surface area (Å²) in [5.74, 6) is -0.0412. The molecule has 0 aliphatic heterocycles. The number of anilines is 1. The van der Waals surface area contributed by atoms with Gasteiger partial charge in [0, 0.05) is 35.9 Å². The van der Waals surface area contributed by atoms with Crippen molar-refractivity contribution in [3.63, 3.8) is 0 Å². The molecular formula is C25H19FN6O. The van der Waals surface area contributed by atoms with Crippen LogP contribution >= 0.6 is 0 Å². The molecule has 7 nitrogen and oxygen atoms in total. The highest BCUT2D eigenvalue weighted by Crippen LogP contribution is 2.33. The minimum Gasteiger partial charge on any atom is -0.310 e. The van der Waals surface area contributed by atoms with E-state index in [2.05, 4.69) is 20.4 Å². The van der Waals surface area contributed by atoms with E-state index >= 15 is 0 Å². The number of aromatic nitrogens is 5. The van der Waals surface area contributed by atoms with Gasteiger partial charge in [-0.25, -0.2) is 18.9 Å². The van der Waals surface area contributed by atoms with Gasteiger partial charge in [-0.1, -0.05) is 0 Å². The first-order valence-electron chi connectivity index (χ1n) is 10.3. The number of hydrogen-bond acceptors (Lipinski definition) is 5. The van der Waals surface area contributed by atoms with Gasteiger partial charge in [0.05, 0.1) is 12.1 Å². The molecule has 1 N–H and O–H groups in total. The van der Waals surface area contributed by atoms with Gasteiger partial charge in [0.15, 0.2) is 5.65 Å². The molecule has 1 amide bonds. The number of benzene rings is 1. The van der Waals surface area contributed by atoms with Gasteiger partial charge >= 0.3 is 0 Å². The van der Waals surface area contributed by atoms with Crippen LogP contribution in [0.2, 0.25) is 0 Å². The molecule has 0 aliphatic rings. The number of carbonyl (C=O) groups is 1. The Balaban J connectivity index is 1.54. The number of nitrogens with one attached hydrogen (secondary N) is 1. The maximum absolute atomic E-state index is 13.9. The summed E-state index contributed by atoms with van der Waals surface area (Å²) in [6.07, 6.45) is 6.82. The summed E-state index contributed by atoms with van der Waals surface area (Å²) in [5.41, 5.74) is 4.98.